The fourth-order valence-corrected chi connectivity index (χ4v) is 5.89. The first-order valence-corrected chi connectivity index (χ1v) is 12.8. The van der Waals surface area contributed by atoms with Crippen molar-refractivity contribution in [1.29, 1.82) is 0 Å². The predicted octanol–water partition coefficient (Wildman–Crippen LogP) is 7.81. The topological polar surface area (TPSA) is 38.7 Å². The van der Waals surface area contributed by atoms with E-state index in [0.29, 0.717) is 0 Å². The number of aromatic nitrogens is 3. The molecule has 3 aromatic heterocycles. The lowest BCUT2D eigenvalue weighted by atomic mass is 9.95. The van der Waals surface area contributed by atoms with Gasteiger partial charge in [-0.2, -0.15) is 4.37 Å². The monoisotopic (exact) mass is 473 g/mol. The van der Waals surface area contributed by atoms with Crippen LogP contribution in [0.3, 0.4) is 0 Å². The third-order valence-electron chi connectivity index (χ3n) is 7.10. The van der Waals surface area contributed by atoms with E-state index < -0.39 is 0 Å². The number of fused-ring (bicyclic) bond motifs is 3. The zero-order valence-corrected chi connectivity index (χ0v) is 21.3. The molecule has 3 nitrogen and oxygen atoms in total. The smallest absolute Gasteiger partial charge is 0.0708 e. The minimum absolute atomic E-state index is 0.808. The van der Waals surface area contributed by atoms with Crippen LogP contribution >= 0.6 is 11.5 Å². The number of nitrogens with zero attached hydrogens (tertiary/aromatic N) is 3. The number of benzene rings is 3. The summed E-state index contributed by atoms with van der Waals surface area (Å²) in [6.45, 7) is 8.61. The van der Waals surface area contributed by atoms with Crippen LogP contribution in [0.25, 0.3) is 31.8 Å². The third kappa shape index (κ3) is 4.08. The standard InChI is InChI=1S/C31H27N3S/c1-18-9-24-7-5-20(3)34-30(24)15-25(18)14-28-13-23-8-6-22(12-27(23)16-32-28)11-26-10-19(2)29-17-33-35-31(29)21(26)4/h5-10,12-13,15-17H,11,14H2,1-4H3. The van der Waals surface area contributed by atoms with Gasteiger partial charge in [-0.1, -0.05) is 24.3 Å². The molecule has 0 aliphatic heterocycles. The highest BCUT2D eigenvalue weighted by Crippen LogP contribution is 2.30. The van der Waals surface area contributed by atoms with Crippen LogP contribution in [0.5, 0.6) is 0 Å². The fourth-order valence-electron chi connectivity index (χ4n) is 5.05. The van der Waals surface area contributed by atoms with Crippen LogP contribution in [0.1, 0.15) is 44.8 Å². The van der Waals surface area contributed by atoms with E-state index in [-0.39, 0.29) is 0 Å². The van der Waals surface area contributed by atoms with Gasteiger partial charge in [0.25, 0.3) is 0 Å². The Morgan fingerprint density at radius 2 is 1.57 bits per heavy atom. The molecule has 172 valence electrons. The second-order valence-electron chi connectivity index (χ2n) is 9.68. The molecule has 0 aliphatic carbocycles. The van der Waals surface area contributed by atoms with Crippen LogP contribution in [0.15, 0.2) is 67.0 Å². The average molecular weight is 474 g/mol. The quantitative estimate of drug-likeness (QED) is 0.262. The summed E-state index contributed by atoms with van der Waals surface area (Å²) in [7, 11) is 0. The van der Waals surface area contributed by atoms with Gasteiger partial charge in [0, 0.05) is 46.4 Å². The number of rotatable bonds is 4. The van der Waals surface area contributed by atoms with E-state index in [2.05, 4.69) is 79.7 Å². The summed E-state index contributed by atoms with van der Waals surface area (Å²) in [6, 6.07) is 20.0. The van der Waals surface area contributed by atoms with Crippen LogP contribution in [-0.2, 0) is 12.8 Å². The molecule has 0 fully saturated rings. The number of hydrogen-bond donors (Lipinski definition) is 0. The maximum Gasteiger partial charge on any atom is 0.0708 e. The molecule has 3 aromatic carbocycles. The largest absolute Gasteiger partial charge is 0.260 e. The van der Waals surface area contributed by atoms with Crippen molar-refractivity contribution in [2.45, 2.75) is 40.5 Å². The van der Waals surface area contributed by atoms with Crippen molar-refractivity contribution in [1.82, 2.24) is 14.3 Å². The first-order valence-electron chi connectivity index (χ1n) is 12.0. The van der Waals surface area contributed by atoms with Crippen LogP contribution < -0.4 is 0 Å². The van der Waals surface area contributed by atoms with Gasteiger partial charge in [0.05, 0.1) is 10.2 Å². The maximum atomic E-state index is 4.83. The van der Waals surface area contributed by atoms with E-state index in [9.17, 15) is 0 Å². The third-order valence-corrected chi connectivity index (χ3v) is 8.02. The lowest BCUT2D eigenvalue weighted by molar-refractivity contribution is 1.07. The van der Waals surface area contributed by atoms with Crippen LogP contribution in [0.2, 0.25) is 0 Å². The van der Waals surface area contributed by atoms with E-state index in [1.54, 1.807) is 11.5 Å². The summed E-state index contributed by atoms with van der Waals surface area (Å²) in [6.07, 6.45) is 5.74. The number of pyridine rings is 2. The first-order chi connectivity index (χ1) is 16.9. The Kier molecular flexibility index (Phi) is 5.34. The second-order valence-corrected chi connectivity index (χ2v) is 10.5. The molecule has 0 bridgehead atoms. The molecule has 3 heterocycles. The highest BCUT2D eigenvalue weighted by molar-refractivity contribution is 7.13. The SMILES string of the molecule is Cc1ccc2cc(C)c(Cc3cc4ccc(Cc5cc(C)c6cnsc6c5C)cc4cn3)cc2n1. The van der Waals surface area contributed by atoms with E-state index in [0.717, 1.165) is 29.7 Å². The molecular formula is C31H27N3S. The van der Waals surface area contributed by atoms with Gasteiger partial charge in [0.1, 0.15) is 0 Å². The molecule has 0 N–H and O–H groups in total. The Hall–Kier alpha value is -3.63. The summed E-state index contributed by atoms with van der Waals surface area (Å²) >= 11 is 1.60. The van der Waals surface area contributed by atoms with Crippen LogP contribution in [-0.4, -0.2) is 14.3 Å². The van der Waals surface area contributed by atoms with Gasteiger partial charge in [-0.25, -0.2) is 0 Å². The highest BCUT2D eigenvalue weighted by Gasteiger charge is 2.11. The Labute approximate surface area is 209 Å². The molecule has 0 spiro atoms. The van der Waals surface area contributed by atoms with Crippen molar-refractivity contribution in [3.05, 3.63) is 112 Å². The maximum absolute atomic E-state index is 4.83. The van der Waals surface area contributed by atoms with E-state index >= 15 is 0 Å². The van der Waals surface area contributed by atoms with Gasteiger partial charge in [-0.15, -0.1) is 0 Å². The predicted molar refractivity (Wildman–Crippen MR) is 148 cm³/mol. The van der Waals surface area contributed by atoms with E-state index in [1.807, 2.05) is 19.3 Å². The van der Waals surface area contributed by atoms with Gasteiger partial charge >= 0.3 is 0 Å². The zero-order valence-electron chi connectivity index (χ0n) is 20.5. The molecular weight excluding hydrogens is 446 g/mol. The van der Waals surface area contributed by atoms with E-state index in [4.69, 9.17) is 9.97 Å². The van der Waals surface area contributed by atoms with Gasteiger partial charge in [0.15, 0.2) is 0 Å². The van der Waals surface area contributed by atoms with Crippen molar-refractivity contribution in [3.8, 4) is 0 Å². The first kappa shape index (κ1) is 21.9. The van der Waals surface area contributed by atoms with Crippen LogP contribution in [0.4, 0.5) is 0 Å². The second kappa shape index (κ2) is 8.54. The molecule has 0 atom stereocenters. The summed E-state index contributed by atoms with van der Waals surface area (Å²) in [5.41, 5.74) is 11.1. The zero-order chi connectivity index (χ0) is 24.1. The van der Waals surface area contributed by atoms with Crippen molar-refractivity contribution < 1.29 is 0 Å². The molecule has 0 saturated carbocycles. The summed E-state index contributed by atoms with van der Waals surface area (Å²) in [5.74, 6) is 0. The molecule has 4 heteroatoms. The normalized spacial score (nSPS) is 11.7. The molecule has 0 aliphatic rings. The lowest BCUT2D eigenvalue weighted by Gasteiger charge is -2.11. The minimum atomic E-state index is 0.808. The average Bonchev–Trinajstić information content (AvgIpc) is 3.34. The Balaban J connectivity index is 1.29. The molecule has 6 aromatic rings. The summed E-state index contributed by atoms with van der Waals surface area (Å²) in [5, 5.41) is 4.89. The summed E-state index contributed by atoms with van der Waals surface area (Å²) in [4.78, 5) is 9.54. The van der Waals surface area contributed by atoms with Gasteiger partial charge in [0.2, 0.25) is 0 Å². The molecule has 0 amide bonds. The molecule has 35 heavy (non-hydrogen) atoms. The Morgan fingerprint density at radius 3 is 2.46 bits per heavy atom. The molecule has 6 rings (SSSR count). The highest BCUT2D eigenvalue weighted by atomic mass is 32.1. The van der Waals surface area contributed by atoms with Crippen LogP contribution in [0, 0.1) is 27.7 Å². The van der Waals surface area contributed by atoms with Crippen molar-refractivity contribution in [2.75, 3.05) is 0 Å². The van der Waals surface area contributed by atoms with E-state index in [1.165, 1.54) is 59.6 Å². The van der Waals surface area contributed by atoms with Gasteiger partial charge < -0.3 is 0 Å². The number of aryl methyl sites for hydroxylation is 4. The lowest BCUT2D eigenvalue weighted by Crippen LogP contribution is -1.97. The van der Waals surface area contributed by atoms with Gasteiger partial charge in [-0.05, 0) is 115 Å². The minimum Gasteiger partial charge on any atom is -0.260 e. The molecule has 0 radical (unpaired) electrons. The van der Waals surface area contributed by atoms with Crippen molar-refractivity contribution in [3.63, 3.8) is 0 Å². The number of hydrogen-bond acceptors (Lipinski definition) is 4. The van der Waals surface area contributed by atoms with Crippen molar-refractivity contribution >= 4 is 43.3 Å². The Bertz CT molecular complexity index is 1750. The fraction of sp³-hybridized carbons (Fsp3) is 0.194. The van der Waals surface area contributed by atoms with Crippen molar-refractivity contribution in [2.24, 2.45) is 0 Å². The molecule has 0 unspecified atom stereocenters. The summed E-state index contributed by atoms with van der Waals surface area (Å²) < 4.78 is 5.71. The Morgan fingerprint density at radius 1 is 0.714 bits per heavy atom. The molecule has 0 saturated heterocycles. The van der Waals surface area contributed by atoms with Gasteiger partial charge in [-0.3, -0.25) is 9.97 Å².